The Kier molecular flexibility index (Phi) is 12.1. The average Bonchev–Trinajstić information content (AvgIpc) is 2.95. The van der Waals surface area contributed by atoms with Crippen LogP contribution in [0, 0.1) is 0 Å². The van der Waals surface area contributed by atoms with Crippen LogP contribution in [0.3, 0.4) is 0 Å². The van der Waals surface area contributed by atoms with Gasteiger partial charge in [-0.1, -0.05) is 65.1 Å². The average molecular weight is 665 g/mol. The molecule has 41 heavy (non-hydrogen) atoms. The zero-order valence-electron chi connectivity index (χ0n) is 23.3. The van der Waals surface area contributed by atoms with E-state index in [1.54, 1.807) is 38.1 Å². The number of nitrogens with zero attached hydrogens (tertiary/aromatic N) is 2. The van der Waals surface area contributed by atoms with Crippen LogP contribution >= 0.6 is 27.5 Å². The van der Waals surface area contributed by atoms with Crippen LogP contribution in [0.25, 0.3) is 0 Å². The minimum absolute atomic E-state index is 0.0371. The minimum Gasteiger partial charge on any atom is -0.492 e. The summed E-state index contributed by atoms with van der Waals surface area (Å²) in [5.74, 6) is -0.556. The van der Waals surface area contributed by atoms with Gasteiger partial charge < -0.3 is 15.0 Å². The second kappa shape index (κ2) is 15.2. The van der Waals surface area contributed by atoms with Gasteiger partial charge in [0.1, 0.15) is 18.3 Å². The molecule has 1 N–H and O–H groups in total. The third-order valence-electron chi connectivity index (χ3n) is 6.35. The number of carbonyl (C=O) groups is 2. The Morgan fingerprint density at radius 1 is 1.02 bits per heavy atom. The van der Waals surface area contributed by atoms with Crippen LogP contribution in [0.5, 0.6) is 5.75 Å². The van der Waals surface area contributed by atoms with E-state index in [4.69, 9.17) is 16.3 Å². The van der Waals surface area contributed by atoms with E-state index in [-0.39, 0.29) is 23.0 Å². The molecule has 0 saturated heterocycles. The first-order valence-electron chi connectivity index (χ1n) is 13.4. The summed E-state index contributed by atoms with van der Waals surface area (Å²) in [6.45, 7) is 5.77. The van der Waals surface area contributed by atoms with Gasteiger partial charge in [-0.15, -0.1) is 0 Å². The fraction of sp³-hybridized carbons (Fsp3) is 0.333. The first-order chi connectivity index (χ1) is 19.6. The molecule has 0 heterocycles. The third kappa shape index (κ3) is 8.70. The van der Waals surface area contributed by atoms with Crippen LogP contribution in [-0.4, -0.2) is 50.9 Å². The largest absolute Gasteiger partial charge is 0.492 e. The molecule has 2 amide bonds. The highest BCUT2D eigenvalue weighted by atomic mass is 79.9. The summed E-state index contributed by atoms with van der Waals surface area (Å²) in [4.78, 5) is 28.5. The van der Waals surface area contributed by atoms with E-state index in [2.05, 4.69) is 21.2 Å². The maximum absolute atomic E-state index is 14.1. The van der Waals surface area contributed by atoms with E-state index in [9.17, 15) is 18.0 Å². The second-order valence-electron chi connectivity index (χ2n) is 9.34. The molecule has 0 spiro atoms. The van der Waals surface area contributed by atoms with Gasteiger partial charge in [0.25, 0.3) is 10.0 Å². The van der Waals surface area contributed by atoms with Gasteiger partial charge in [-0.3, -0.25) is 13.9 Å². The number of anilines is 1. The molecule has 0 fully saturated rings. The molecule has 3 rings (SSSR count). The van der Waals surface area contributed by atoms with E-state index < -0.39 is 28.5 Å². The number of hydrogen-bond acceptors (Lipinski definition) is 5. The lowest BCUT2D eigenvalue weighted by molar-refractivity contribution is -0.139. The van der Waals surface area contributed by atoms with Crippen LogP contribution in [-0.2, 0) is 26.2 Å². The molecule has 0 aromatic heterocycles. The Labute approximate surface area is 255 Å². The van der Waals surface area contributed by atoms with Crippen LogP contribution < -0.4 is 14.4 Å². The van der Waals surface area contributed by atoms with Gasteiger partial charge in [-0.25, -0.2) is 8.42 Å². The first-order valence-corrected chi connectivity index (χ1v) is 16.0. The van der Waals surface area contributed by atoms with Crippen molar-refractivity contribution in [1.29, 1.82) is 0 Å². The summed E-state index contributed by atoms with van der Waals surface area (Å²) < 4.78 is 35.6. The van der Waals surface area contributed by atoms with Crippen molar-refractivity contribution in [1.82, 2.24) is 10.2 Å². The quantitative estimate of drug-likeness (QED) is 0.213. The van der Waals surface area contributed by atoms with Gasteiger partial charge in [-0.2, -0.15) is 0 Å². The molecule has 3 aromatic rings. The second-order valence-corrected chi connectivity index (χ2v) is 12.6. The van der Waals surface area contributed by atoms with E-state index in [0.717, 1.165) is 27.2 Å². The zero-order valence-corrected chi connectivity index (χ0v) is 26.5. The fourth-order valence-electron chi connectivity index (χ4n) is 4.14. The molecule has 220 valence electrons. The summed E-state index contributed by atoms with van der Waals surface area (Å²) >= 11 is 9.47. The third-order valence-corrected chi connectivity index (χ3v) is 8.87. The monoisotopic (exact) mass is 663 g/mol. The number of nitrogens with one attached hydrogen (secondary N) is 1. The number of ether oxygens (including phenoxy) is 1. The molecule has 0 bridgehead atoms. The molecule has 0 aliphatic carbocycles. The maximum atomic E-state index is 14.1. The molecular weight excluding hydrogens is 630 g/mol. The highest BCUT2D eigenvalue weighted by Gasteiger charge is 2.33. The van der Waals surface area contributed by atoms with Crippen molar-refractivity contribution in [2.24, 2.45) is 0 Å². The standard InChI is InChI=1S/C30H35BrClN3O5S/c1-4-6-18-33-30(37)22(3)34(20-23-10-9-11-24(31)19-23)29(36)21-35(27-12-7-8-13-28(27)40-5-2)41(38,39)26-16-14-25(32)15-17-26/h7-17,19,22H,4-6,18,20-21H2,1-3H3,(H,33,37)/t22-/m0/s1. The molecule has 11 heteroatoms. The Morgan fingerprint density at radius 3 is 2.39 bits per heavy atom. The van der Waals surface area contributed by atoms with Crippen molar-refractivity contribution < 1.29 is 22.7 Å². The highest BCUT2D eigenvalue weighted by molar-refractivity contribution is 9.10. The van der Waals surface area contributed by atoms with E-state index in [0.29, 0.717) is 23.9 Å². The number of halogens is 2. The van der Waals surface area contributed by atoms with Gasteiger partial charge >= 0.3 is 0 Å². The topological polar surface area (TPSA) is 96.0 Å². The van der Waals surface area contributed by atoms with Gasteiger partial charge in [0.05, 0.1) is 17.2 Å². The number of benzene rings is 3. The van der Waals surface area contributed by atoms with Gasteiger partial charge in [0, 0.05) is 22.6 Å². The van der Waals surface area contributed by atoms with Crippen molar-refractivity contribution >= 4 is 55.1 Å². The molecule has 3 aromatic carbocycles. The number of unbranched alkanes of at least 4 members (excludes halogenated alkanes) is 1. The maximum Gasteiger partial charge on any atom is 0.264 e. The van der Waals surface area contributed by atoms with E-state index >= 15 is 0 Å². The van der Waals surface area contributed by atoms with Crippen molar-refractivity contribution in [3.8, 4) is 5.75 Å². The smallest absolute Gasteiger partial charge is 0.264 e. The lowest BCUT2D eigenvalue weighted by Crippen LogP contribution is -2.51. The van der Waals surface area contributed by atoms with Gasteiger partial charge in [0.2, 0.25) is 11.8 Å². The summed E-state index contributed by atoms with van der Waals surface area (Å²) in [6, 6.07) is 18.9. The molecule has 8 nitrogen and oxygen atoms in total. The summed E-state index contributed by atoms with van der Waals surface area (Å²) in [6.07, 6.45) is 1.71. The molecule has 0 aliphatic heterocycles. The zero-order chi connectivity index (χ0) is 30.0. The lowest BCUT2D eigenvalue weighted by Gasteiger charge is -2.32. The van der Waals surface area contributed by atoms with Crippen molar-refractivity contribution in [2.45, 2.75) is 51.1 Å². The summed E-state index contributed by atoms with van der Waals surface area (Å²) in [7, 11) is -4.24. The molecule has 0 saturated carbocycles. The Morgan fingerprint density at radius 2 is 1.73 bits per heavy atom. The predicted molar refractivity (Wildman–Crippen MR) is 166 cm³/mol. The highest BCUT2D eigenvalue weighted by Crippen LogP contribution is 2.33. The Hall–Kier alpha value is -3.08. The summed E-state index contributed by atoms with van der Waals surface area (Å²) in [5.41, 5.74) is 0.989. The number of para-hydroxylation sites is 2. The van der Waals surface area contributed by atoms with Crippen LogP contribution in [0.2, 0.25) is 5.02 Å². The number of amides is 2. The molecule has 0 unspecified atom stereocenters. The van der Waals surface area contributed by atoms with Crippen LogP contribution in [0.15, 0.2) is 82.2 Å². The van der Waals surface area contributed by atoms with Crippen molar-refractivity contribution in [3.05, 3.63) is 87.9 Å². The number of carbonyl (C=O) groups excluding carboxylic acids is 2. The number of rotatable bonds is 14. The van der Waals surface area contributed by atoms with E-state index in [1.165, 1.54) is 29.2 Å². The Bertz CT molecular complexity index is 1440. The molecule has 0 radical (unpaired) electrons. The molecule has 1 atom stereocenters. The first kappa shape index (κ1) is 32.4. The summed E-state index contributed by atoms with van der Waals surface area (Å²) in [5, 5.41) is 3.26. The van der Waals surface area contributed by atoms with Crippen molar-refractivity contribution in [3.63, 3.8) is 0 Å². The van der Waals surface area contributed by atoms with Gasteiger partial charge in [-0.05, 0) is 74.4 Å². The van der Waals surface area contributed by atoms with Crippen molar-refractivity contribution in [2.75, 3.05) is 24.0 Å². The normalized spacial score (nSPS) is 11.9. The molecular formula is C30H35BrClN3O5S. The van der Waals surface area contributed by atoms with Gasteiger partial charge in [0.15, 0.2) is 0 Å². The van der Waals surface area contributed by atoms with E-state index in [1.807, 2.05) is 31.2 Å². The van der Waals surface area contributed by atoms with Crippen LogP contribution in [0.4, 0.5) is 5.69 Å². The SMILES string of the molecule is CCCCNC(=O)[C@H](C)N(Cc1cccc(Br)c1)C(=O)CN(c1ccccc1OCC)S(=O)(=O)c1ccc(Cl)cc1. The minimum atomic E-state index is -4.24. The Balaban J connectivity index is 2.05. The number of sulfonamides is 1. The molecule has 0 aliphatic rings. The van der Waals surface area contributed by atoms with Crippen LogP contribution in [0.1, 0.15) is 39.2 Å². The fourth-order valence-corrected chi connectivity index (χ4v) is 6.14. The number of hydrogen-bond donors (Lipinski definition) is 1. The predicted octanol–water partition coefficient (Wildman–Crippen LogP) is 6.03. The lowest BCUT2D eigenvalue weighted by atomic mass is 10.1.